The van der Waals surface area contributed by atoms with Crippen molar-refractivity contribution in [2.45, 2.75) is 139 Å². The summed E-state index contributed by atoms with van der Waals surface area (Å²) in [6, 6.07) is 33.7. The number of aromatic nitrogens is 13. The first-order valence-electron chi connectivity index (χ1n) is 36.9. The molecule has 16 rings (SSSR count). The molecule has 0 radical (unpaired) electrons. The summed E-state index contributed by atoms with van der Waals surface area (Å²) in [7, 11) is 0. The number of aryl methyl sites for hydroxylation is 6. The highest BCUT2D eigenvalue weighted by Crippen LogP contribution is 2.40. The molecule has 4 aliphatic heterocycles. The van der Waals surface area contributed by atoms with E-state index < -0.39 is 0 Å². The molecule has 6 unspecified atom stereocenters. The fourth-order valence-electron chi connectivity index (χ4n) is 14.3. The Kier molecular flexibility index (Phi) is 24.0. The van der Waals surface area contributed by atoms with Crippen LogP contribution in [-0.4, -0.2) is 154 Å². The SMILES string of the molecule is Cc1cc(-c2cnc(N3CC(C)OC(C)C3)nc2-c2c(C)noc2C)ccn1.Cc1cc(-c2cnc(N3CC(C)OC(C)C3)nc2-c2ccc(C#N)s2)ccn1.Cc1cc(-c2cnc(N3CC(C)OC(C)C3)nc2-c2ccccc2C#N)ccn1.Cc1occc1-c1nc(N2CCCCC2)ncc1-c1cccnc1. The summed E-state index contributed by atoms with van der Waals surface area (Å²) in [4.78, 5) is 65.9. The number of anilines is 4. The Labute approximate surface area is 640 Å². The molecule has 25 heteroatoms. The van der Waals surface area contributed by atoms with Crippen molar-refractivity contribution in [3.8, 4) is 101 Å². The standard InChI is InChI=1S/C23H23N5O.C21H25N5O2.C21H21N5OS.C19H20N4O/c1-15-10-18(8-9-25-15)21-12-26-23(28-13-16(2)29-17(3)14-28)27-22(21)20-7-5-4-6-19(20)11-24;1-12-8-17(6-7-22-12)18-9-23-21(26-10-13(2)27-14(3)11-26)24-20(18)19-15(4)25-28-16(19)5;1-13-8-16(6-7-23-13)18-10-24-21(26-11-14(2)27-15(3)12-26)25-20(18)19-5-4-17(9-22)28-19;1-14-16(7-11-24-14)18-17(15-6-5-8-20-12-15)13-21-19(22-18)23-9-3-2-4-10-23/h4-10,12,16-17H,13-14H2,1-3H3;6-9,13-14H,10-11H2,1-5H3;4-8,10,14-15H,11-12H2,1-3H3;5-8,11-13H,2-4,9-10H2,1H3. The number of ether oxygens (including phenoxy) is 3. The molecule has 109 heavy (non-hydrogen) atoms. The van der Waals surface area contributed by atoms with Crippen molar-refractivity contribution >= 4 is 35.1 Å². The zero-order chi connectivity index (χ0) is 76.2. The average Bonchev–Trinajstić information content (AvgIpc) is 0.950. The number of nitriles is 2. The van der Waals surface area contributed by atoms with Crippen molar-refractivity contribution in [1.29, 1.82) is 10.5 Å². The van der Waals surface area contributed by atoms with Crippen LogP contribution in [0.1, 0.15) is 106 Å². The van der Waals surface area contributed by atoms with Crippen LogP contribution in [-0.2, 0) is 14.2 Å². The maximum absolute atomic E-state index is 9.64. The van der Waals surface area contributed by atoms with Crippen LogP contribution in [0.3, 0.4) is 0 Å². The van der Waals surface area contributed by atoms with Gasteiger partial charge in [0, 0.05) is 164 Å². The number of furan rings is 1. The van der Waals surface area contributed by atoms with E-state index in [0.717, 1.165) is 181 Å². The van der Waals surface area contributed by atoms with E-state index in [2.05, 4.69) is 113 Å². The van der Waals surface area contributed by atoms with E-state index in [1.54, 1.807) is 31.1 Å². The van der Waals surface area contributed by atoms with E-state index in [-0.39, 0.29) is 36.6 Å². The van der Waals surface area contributed by atoms with Crippen LogP contribution in [0.25, 0.3) is 88.9 Å². The molecule has 15 heterocycles. The first-order valence-corrected chi connectivity index (χ1v) is 37.8. The van der Waals surface area contributed by atoms with Crippen molar-refractivity contribution in [2.24, 2.45) is 0 Å². The zero-order valence-corrected chi connectivity index (χ0v) is 64.4. The second-order valence-electron chi connectivity index (χ2n) is 28.1. The van der Waals surface area contributed by atoms with Gasteiger partial charge in [0.25, 0.3) is 0 Å². The van der Waals surface area contributed by atoms with E-state index in [4.69, 9.17) is 48.1 Å². The molecule has 556 valence electrons. The van der Waals surface area contributed by atoms with Crippen molar-refractivity contribution in [1.82, 2.24) is 65.0 Å². The summed E-state index contributed by atoms with van der Waals surface area (Å²) in [5, 5.41) is 23.0. The lowest BCUT2D eigenvalue weighted by Gasteiger charge is -2.35. The number of nitrogens with zero attached hydrogens (tertiary/aromatic N) is 19. The molecule has 12 aromatic rings. The Hall–Kier alpha value is -11.6. The molecular weight excluding hydrogens is 1390 g/mol. The van der Waals surface area contributed by atoms with Gasteiger partial charge in [0.05, 0.1) is 93.4 Å². The highest BCUT2D eigenvalue weighted by atomic mass is 32.1. The van der Waals surface area contributed by atoms with E-state index in [1.165, 1.54) is 30.6 Å². The van der Waals surface area contributed by atoms with Crippen molar-refractivity contribution in [3.63, 3.8) is 0 Å². The van der Waals surface area contributed by atoms with E-state index in [1.807, 2.05) is 164 Å². The first-order chi connectivity index (χ1) is 52.8. The number of rotatable bonds is 12. The number of hydrogen-bond acceptors (Lipinski definition) is 25. The summed E-state index contributed by atoms with van der Waals surface area (Å²) in [5.74, 6) is 4.47. The van der Waals surface area contributed by atoms with E-state index in [9.17, 15) is 10.5 Å². The van der Waals surface area contributed by atoms with Crippen LogP contribution in [0.2, 0.25) is 0 Å². The molecule has 0 N–H and O–H groups in total. The molecule has 4 saturated heterocycles. The smallest absolute Gasteiger partial charge is 0.226 e. The van der Waals surface area contributed by atoms with Gasteiger partial charge in [0.2, 0.25) is 23.8 Å². The van der Waals surface area contributed by atoms with Crippen LogP contribution in [0, 0.1) is 64.2 Å². The Morgan fingerprint density at radius 2 is 0.872 bits per heavy atom. The molecule has 24 nitrogen and oxygen atoms in total. The quantitative estimate of drug-likeness (QED) is 0.110. The van der Waals surface area contributed by atoms with E-state index >= 15 is 0 Å². The molecular formula is C84H89N19O5S. The Morgan fingerprint density at radius 3 is 1.31 bits per heavy atom. The van der Waals surface area contributed by atoms with Gasteiger partial charge in [-0.3, -0.25) is 19.9 Å². The van der Waals surface area contributed by atoms with Crippen LogP contribution < -0.4 is 19.6 Å². The van der Waals surface area contributed by atoms with Gasteiger partial charge in [0.15, 0.2) is 0 Å². The third kappa shape index (κ3) is 18.2. The topological polar surface area (TPSA) is 282 Å². The van der Waals surface area contributed by atoms with Gasteiger partial charge in [-0.2, -0.15) is 10.5 Å². The highest BCUT2D eigenvalue weighted by Gasteiger charge is 2.30. The third-order valence-corrected chi connectivity index (χ3v) is 20.1. The summed E-state index contributed by atoms with van der Waals surface area (Å²) in [6.07, 6.45) is 22.7. The fraction of sp³-hybridized carbons (Fsp3) is 0.345. The van der Waals surface area contributed by atoms with E-state index in [0.29, 0.717) is 28.3 Å². The number of benzene rings is 1. The maximum atomic E-state index is 9.64. The summed E-state index contributed by atoms with van der Waals surface area (Å²) >= 11 is 1.45. The Morgan fingerprint density at radius 1 is 0.413 bits per heavy atom. The van der Waals surface area contributed by atoms with Gasteiger partial charge in [-0.25, -0.2) is 39.9 Å². The molecule has 0 bridgehead atoms. The summed E-state index contributed by atoms with van der Waals surface area (Å²) < 4.78 is 28.5. The molecule has 4 fully saturated rings. The van der Waals surface area contributed by atoms with Crippen LogP contribution >= 0.6 is 11.3 Å². The largest absolute Gasteiger partial charge is 0.469 e. The monoisotopic (exact) mass is 1480 g/mol. The van der Waals surface area contributed by atoms with Crippen molar-refractivity contribution in [3.05, 3.63) is 198 Å². The summed E-state index contributed by atoms with van der Waals surface area (Å²) in [5.41, 5.74) is 18.1. The van der Waals surface area contributed by atoms with Gasteiger partial charge < -0.3 is 42.8 Å². The lowest BCUT2D eigenvalue weighted by atomic mass is 9.98. The van der Waals surface area contributed by atoms with Gasteiger partial charge in [-0.05, 0) is 186 Å². The molecule has 0 amide bonds. The molecule has 0 aliphatic carbocycles. The molecule has 6 atom stereocenters. The number of morpholine rings is 3. The van der Waals surface area contributed by atoms with Crippen LogP contribution in [0.15, 0.2) is 162 Å². The highest BCUT2D eigenvalue weighted by molar-refractivity contribution is 7.16. The van der Waals surface area contributed by atoms with Crippen molar-refractivity contribution < 1.29 is 23.2 Å². The minimum atomic E-state index is 0.111. The first kappa shape index (κ1) is 75.6. The predicted octanol–water partition coefficient (Wildman–Crippen LogP) is 15.9. The van der Waals surface area contributed by atoms with Gasteiger partial charge >= 0.3 is 0 Å². The average molecular weight is 1480 g/mol. The van der Waals surface area contributed by atoms with Crippen LogP contribution in [0.4, 0.5) is 23.8 Å². The van der Waals surface area contributed by atoms with Gasteiger partial charge in [0.1, 0.15) is 22.5 Å². The number of pyridine rings is 4. The summed E-state index contributed by atoms with van der Waals surface area (Å²) in [6.45, 7) is 30.7. The molecule has 0 spiro atoms. The maximum Gasteiger partial charge on any atom is 0.226 e. The Bertz CT molecular complexity index is 5170. The minimum Gasteiger partial charge on any atom is -0.469 e. The van der Waals surface area contributed by atoms with Gasteiger partial charge in [-0.1, -0.05) is 29.4 Å². The molecule has 11 aromatic heterocycles. The third-order valence-electron chi connectivity index (χ3n) is 19.1. The number of thiophene rings is 1. The zero-order valence-electron chi connectivity index (χ0n) is 63.6. The van der Waals surface area contributed by atoms with Crippen molar-refractivity contribution in [2.75, 3.05) is 72.0 Å². The number of piperidine rings is 1. The fourth-order valence-corrected chi connectivity index (χ4v) is 15.1. The normalized spacial score (nSPS) is 18.4. The lowest BCUT2D eigenvalue weighted by Crippen LogP contribution is -2.46. The lowest BCUT2D eigenvalue weighted by molar-refractivity contribution is -0.00597. The second kappa shape index (κ2) is 34.5. The molecule has 1 aromatic carbocycles. The van der Waals surface area contributed by atoms with Gasteiger partial charge in [-0.15, -0.1) is 11.3 Å². The minimum absolute atomic E-state index is 0.111. The van der Waals surface area contributed by atoms with Crippen LogP contribution in [0.5, 0.6) is 0 Å². The Balaban J connectivity index is 0.000000128. The molecule has 0 saturated carbocycles. The number of hydrogen-bond donors (Lipinski definition) is 0. The predicted molar refractivity (Wildman–Crippen MR) is 424 cm³/mol. The molecule has 4 aliphatic rings. The second-order valence-corrected chi connectivity index (χ2v) is 29.2.